The molecule has 0 aromatic carbocycles. The molecule has 0 radical (unpaired) electrons. The smallest absolute Gasteiger partial charge is 0.249 e. The van der Waals surface area contributed by atoms with Gasteiger partial charge in [-0.2, -0.15) is 5.10 Å². The lowest BCUT2D eigenvalue weighted by molar-refractivity contribution is -0.123. The van der Waals surface area contributed by atoms with Gasteiger partial charge in [-0.05, 0) is 56.4 Å². The van der Waals surface area contributed by atoms with E-state index < -0.39 is 5.91 Å². The molecule has 1 saturated heterocycles. The Kier molecular flexibility index (Phi) is 8.13. The molecule has 1 aliphatic heterocycles. The molecule has 2 amide bonds. The number of primary amides is 1. The van der Waals surface area contributed by atoms with Crippen molar-refractivity contribution < 1.29 is 9.59 Å². The molecule has 1 aliphatic rings. The second kappa shape index (κ2) is 11.7. The van der Waals surface area contributed by atoms with E-state index >= 15 is 0 Å². The molecule has 10 nitrogen and oxygen atoms in total. The van der Waals surface area contributed by atoms with Gasteiger partial charge < -0.3 is 20.9 Å². The highest BCUT2D eigenvalue weighted by molar-refractivity contribution is 7.13. The number of rotatable bonds is 10. The molecule has 5 heterocycles. The Labute approximate surface area is 238 Å². The van der Waals surface area contributed by atoms with E-state index in [0.717, 1.165) is 29.2 Å². The first-order valence-electron chi connectivity index (χ1n) is 13.8. The quantitative estimate of drug-likeness (QED) is 0.305. The number of carbonyl (C=O) groups excluding carboxylic acids is 2. The minimum Gasteiger partial charge on any atom is -0.366 e. The van der Waals surface area contributed by atoms with Crippen LogP contribution in [0.25, 0.3) is 27.5 Å². The summed E-state index contributed by atoms with van der Waals surface area (Å²) in [5.74, 6) is 0.0650. The minimum atomic E-state index is -0.502. The molecule has 40 heavy (non-hydrogen) atoms. The lowest BCUT2D eigenvalue weighted by Gasteiger charge is -2.29. The molecule has 4 aromatic heterocycles. The van der Waals surface area contributed by atoms with Gasteiger partial charge in [-0.3, -0.25) is 9.59 Å². The zero-order valence-electron chi connectivity index (χ0n) is 23.4. The van der Waals surface area contributed by atoms with Crippen molar-refractivity contribution in [1.82, 2.24) is 29.8 Å². The van der Waals surface area contributed by atoms with Crippen LogP contribution < -0.4 is 16.0 Å². The minimum absolute atomic E-state index is 0.0137. The lowest BCUT2D eigenvalue weighted by Crippen LogP contribution is -2.36. The Morgan fingerprint density at radius 2 is 2.02 bits per heavy atom. The van der Waals surface area contributed by atoms with Gasteiger partial charge in [-0.25, -0.2) is 14.5 Å². The Hall–Kier alpha value is -3.83. The molecule has 210 valence electrons. The topological polar surface area (TPSA) is 122 Å². The molecule has 1 fully saturated rings. The van der Waals surface area contributed by atoms with Crippen LogP contribution in [0.2, 0.25) is 0 Å². The number of nitrogens with two attached hydrogens (primary N) is 1. The summed E-state index contributed by atoms with van der Waals surface area (Å²) in [6.07, 6.45) is 4.93. The van der Waals surface area contributed by atoms with Crippen molar-refractivity contribution in [2.45, 2.75) is 39.7 Å². The molecule has 0 unspecified atom stereocenters. The predicted molar refractivity (Wildman–Crippen MR) is 159 cm³/mol. The van der Waals surface area contributed by atoms with Gasteiger partial charge in [-0.15, -0.1) is 11.3 Å². The number of anilines is 1. The van der Waals surface area contributed by atoms with Crippen LogP contribution in [0.1, 0.15) is 43.1 Å². The van der Waals surface area contributed by atoms with E-state index in [-0.39, 0.29) is 17.9 Å². The van der Waals surface area contributed by atoms with E-state index in [2.05, 4.69) is 41.0 Å². The summed E-state index contributed by atoms with van der Waals surface area (Å²) in [5, 5.41) is 9.30. The van der Waals surface area contributed by atoms with Crippen molar-refractivity contribution in [3.63, 3.8) is 0 Å². The third-order valence-corrected chi connectivity index (χ3v) is 8.72. The number of pyridine rings is 1. The van der Waals surface area contributed by atoms with E-state index in [0.29, 0.717) is 54.2 Å². The lowest BCUT2D eigenvalue weighted by atomic mass is 9.98. The molecule has 2 atom stereocenters. The molecule has 4 aromatic rings. The molecule has 0 saturated carbocycles. The molecule has 5 rings (SSSR count). The SMILES string of the molecule is CCN(CC)[C@@H](C)Cc1c(C(N)=O)cc(-c2cnn3ccc(-c4cccs4)nc23)nc1N1CC[C@H](C(=O)NC)C1. The Morgan fingerprint density at radius 1 is 1.23 bits per heavy atom. The maximum atomic E-state index is 13.0. The van der Waals surface area contributed by atoms with Crippen molar-refractivity contribution in [2.24, 2.45) is 11.7 Å². The van der Waals surface area contributed by atoms with Gasteiger partial charge in [0.05, 0.1) is 33.9 Å². The normalized spacial score (nSPS) is 16.1. The molecular weight excluding hydrogens is 524 g/mol. The fourth-order valence-electron chi connectivity index (χ4n) is 5.63. The number of hydrogen-bond acceptors (Lipinski definition) is 8. The first kappa shape index (κ1) is 27.7. The van der Waals surface area contributed by atoms with Crippen molar-refractivity contribution in [3.8, 4) is 21.8 Å². The molecule has 0 aliphatic carbocycles. The fourth-order valence-corrected chi connectivity index (χ4v) is 6.33. The number of nitrogens with one attached hydrogen (secondary N) is 1. The van der Waals surface area contributed by atoms with Crippen LogP contribution >= 0.6 is 11.3 Å². The Morgan fingerprint density at radius 3 is 2.70 bits per heavy atom. The number of nitrogens with zero attached hydrogens (tertiary/aromatic N) is 6. The number of carbonyl (C=O) groups is 2. The zero-order chi connectivity index (χ0) is 28.4. The maximum absolute atomic E-state index is 13.0. The summed E-state index contributed by atoms with van der Waals surface area (Å²) in [6.45, 7) is 9.41. The van der Waals surface area contributed by atoms with E-state index in [9.17, 15) is 9.59 Å². The largest absolute Gasteiger partial charge is 0.366 e. The Bertz CT molecular complexity index is 1510. The van der Waals surface area contributed by atoms with Gasteiger partial charge in [0.1, 0.15) is 5.82 Å². The van der Waals surface area contributed by atoms with Gasteiger partial charge in [0, 0.05) is 43.5 Å². The van der Waals surface area contributed by atoms with Crippen LogP contribution in [0.5, 0.6) is 0 Å². The summed E-state index contributed by atoms with van der Waals surface area (Å²) < 4.78 is 1.71. The first-order chi connectivity index (χ1) is 19.3. The third kappa shape index (κ3) is 5.31. The average Bonchev–Trinajstić information content (AvgIpc) is 3.74. The van der Waals surface area contributed by atoms with Crippen molar-refractivity contribution in [2.75, 3.05) is 38.1 Å². The first-order valence-corrected chi connectivity index (χ1v) is 14.6. The van der Waals surface area contributed by atoms with E-state index in [4.69, 9.17) is 15.7 Å². The van der Waals surface area contributed by atoms with Crippen molar-refractivity contribution >= 4 is 34.6 Å². The molecule has 0 bridgehead atoms. The number of aromatic nitrogens is 4. The van der Waals surface area contributed by atoms with Crippen LogP contribution in [0.3, 0.4) is 0 Å². The van der Waals surface area contributed by atoms with E-state index in [1.165, 1.54) is 0 Å². The van der Waals surface area contributed by atoms with E-state index in [1.807, 2.05) is 29.8 Å². The van der Waals surface area contributed by atoms with Gasteiger partial charge in [-0.1, -0.05) is 19.9 Å². The van der Waals surface area contributed by atoms with Crippen LogP contribution in [-0.4, -0.2) is 75.6 Å². The number of amides is 2. The standard InChI is InChI=1S/C29H36N8O2S/c1-5-35(6-2)18(3)14-21-20(26(30)38)15-24(34-27(21)36-11-9-19(17-36)29(39)31-4)22-16-32-37-12-10-23(33-28(22)37)25-8-7-13-40-25/h7-8,10,12-13,15-16,18-19H,5-6,9,11,14,17H2,1-4H3,(H2,30,38)(H,31,39)/t18-,19-/m0/s1. The molecule has 3 N–H and O–H groups in total. The maximum Gasteiger partial charge on any atom is 0.249 e. The second-order valence-corrected chi connectivity index (χ2v) is 11.1. The highest BCUT2D eigenvalue weighted by atomic mass is 32.1. The van der Waals surface area contributed by atoms with Gasteiger partial charge in [0.25, 0.3) is 0 Å². The highest BCUT2D eigenvalue weighted by Gasteiger charge is 2.32. The van der Waals surface area contributed by atoms with Gasteiger partial charge in [0.2, 0.25) is 11.8 Å². The number of hydrogen-bond donors (Lipinski definition) is 2. The number of fused-ring (bicyclic) bond motifs is 1. The van der Waals surface area contributed by atoms with Gasteiger partial charge >= 0.3 is 0 Å². The number of thiophene rings is 1. The average molecular weight is 561 g/mol. The van der Waals surface area contributed by atoms with Crippen molar-refractivity contribution in [3.05, 3.63) is 53.2 Å². The van der Waals surface area contributed by atoms with Crippen LogP contribution in [0.4, 0.5) is 5.82 Å². The van der Waals surface area contributed by atoms with Crippen molar-refractivity contribution in [1.29, 1.82) is 0 Å². The summed E-state index contributed by atoms with van der Waals surface area (Å²) >= 11 is 1.62. The monoisotopic (exact) mass is 560 g/mol. The fraction of sp³-hybridized carbons (Fsp3) is 0.414. The highest BCUT2D eigenvalue weighted by Crippen LogP contribution is 2.34. The second-order valence-electron chi connectivity index (χ2n) is 10.2. The van der Waals surface area contributed by atoms with Crippen LogP contribution in [0.15, 0.2) is 42.0 Å². The summed E-state index contributed by atoms with van der Waals surface area (Å²) in [5.41, 5.74) is 10.1. The number of likely N-dealkylation sites (N-methyl/N-ethyl adjacent to an activating group) is 1. The Balaban J connectivity index is 1.65. The van der Waals surface area contributed by atoms with Crippen LogP contribution in [-0.2, 0) is 11.2 Å². The third-order valence-electron chi connectivity index (χ3n) is 7.83. The zero-order valence-corrected chi connectivity index (χ0v) is 24.2. The molecule has 11 heteroatoms. The summed E-state index contributed by atoms with van der Waals surface area (Å²) in [6, 6.07) is 7.91. The van der Waals surface area contributed by atoms with Gasteiger partial charge in [0.15, 0.2) is 5.65 Å². The predicted octanol–water partition coefficient (Wildman–Crippen LogP) is 3.46. The summed E-state index contributed by atoms with van der Waals surface area (Å²) in [7, 11) is 1.66. The van der Waals surface area contributed by atoms with Crippen LogP contribution in [0, 0.1) is 5.92 Å². The summed E-state index contributed by atoms with van der Waals surface area (Å²) in [4.78, 5) is 41.0. The molecular formula is C29H36N8O2S. The van der Waals surface area contributed by atoms with E-state index in [1.54, 1.807) is 35.2 Å². The molecule has 0 spiro atoms.